The molecule has 0 aliphatic heterocycles. The van der Waals surface area contributed by atoms with Gasteiger partial charge in [0.15, 0.2) is 0 Å². The van der Waals surface area contributed by atoms with Crippen LogP contribution >= 0.6 is 11.6 Å². The highest BCUT2D eigenvalue weighted by atomic mass is 35.5. The Bertz CT molecular complexity index is 314. The van der Waals surface area contributed by atoms with E-state index in [0.717, 1.165) is 5.56 Å². The van der Waals surface area contributed by atoms with Crippen LogP contribution in [0.3, 0.4) is 0 Å². The average molecular weight is 227 g/mol. The molecule has 0 unspecified atom stereocenters. The van der Waals surface area contributed by atoms with Crippen molar-refractivity contribution in [1.82, 2.24) is 10.3 Å². The summed E-state index contributed by atoms with van der Waals surface area (Å²) in [6, 6.07) is 3.52. The monoisotopic (exact) mass is 226 g/mol. The fourth-order valence-corrected chi connectivity index (χ4v) is 1.64. The predicted octanol–water partition coefficient (Wildman–Crippen LogP) is 1.96. The van der Waals surface area contributed by atoms with Crippen molar-refractivity contribution < 1.29 is 4.79 Å². The maximum Gasteiger partial charge on any atom is 0.238 e. The van der Waals surface area contributed by atoms with Crippen LogP contribution in [0.1, 0.15) is 19.4 Å². The van der Waals surface area contributed by atoms with E-state index >= 15 is 0 Å². The Labute approximate surface area is 94.9 Å². The van der Waals surface area contributed by atoms with Crippen LogP contribution in [-0.4, -0.2) is 16.3 Å². The highest BCUT2D eigenvalue weighted by Crippen LogP contribution is 2.06. The molecule has 1 rings (SSSR count). The lowest BCUT2D eigenvalue weighted by Gasteiger charge is -2.18. The molecule has 0 fully saturated rings. The first-order valence-corrected chi connectivity index (χ1v) is 5.30. The molecule has 1 aromatic heterocycles. The van der Waals surface area contributed by atoms with Gasteiger partial charge >= 0.3 is 0 Å². The molecule has 0 saturated carbocycles. The molecule has 0 aliphatic rings. The van der Waals surface area contributed by atoms with E-state index in [1.165, 1.54) is 0 Å². The number of pyridine rings is 1. The molecule has 1 aromatic rings. The van der Waals surface area contributed by atoms with Crippen molar-refractivity contribution in [3.05, 3.63) is 30.1 Å². The third-order valence-electron chi connectivity index (χ3n) is 2.19. The van der Waals surface area contributed by atoms with Crippen LogP contribution in [0.4, 0.5) is 0 Å². The summed E-state index contributed by atoms with van der Waals surface area (Å²) in [5.41, 5.74) is 1.09. The van der Waals surface area contributed by atoms with Crippen LogP contribution in [0, 0.1) is 5.92 Å². The first-order valence-electron chi connectivity index (χ1n) is 4.93. The second kappa shape index (κ2) is 5.83. The summed E-state index contributed by atoms with van der Waals surface area (Å²) in [5, 5.41) is 2.79. The minimum absolute atomic E-state index is 0.192. The molecule has 15 heavy (non-hydrogen) atoms. The van der Waals surface area contributed by atoms with Crippen LogP contribution in [-0.2, 0) is 11.3 Å². The van der Waals surface area contributed by atoms with E-state index in [9.17, 15) is 4.79 Å². The molecular weight excluding hydrogens is 212 g/mol. The first kappa shape index (κ1) is 12.1. The Hall–Kier alpha value is -0.930. The summed E-state index contributed by atoms with van der Waals surface area (Å²) < 4.78 is 0. The van der Waals surface area contributed by atoms with E-state index < -0.39 is 0 Å². The van der Waals surface area contributed by atoms with Gasteiger partial charge in [0.1, 0.15) is 0 Å². The van der Waals surface area contributed by atoms with Crippen molar-refractivity contribution in [2.24, 2.45) is 5.92 Å². The van der Waals surface area contributed by atoms with Crippen molar-refractivity contribution in [1.29, 1.82) is 0 Å². The Morgan fingerprint density at radius 3 is 2.53 bits per heavy atom. The molecule has 0 aromatic carbocycles. The Morgan fingerprint density at radius 1 is 1.47 bits per heavy atom. The largest absolute Gasteiger partial charge is 0.302 e. The fraction of sp³-hybridized carbons (Fsp3) is 0.455. The van der Waals surface area contributed by atoms with Crippen molar-refractivity contribution in [3.63, 3.8) is 0 Å². The predicted molar refractivity (Wildman–Crippen MR) is 60.6 cm³/mol. The molecule has 0 aliphatic carbocycles. The smallest absolute Gasteiger partial charge is 0.238 e. The number of hydrogen-bond donors (Lipinski definition) is 1. The maximum absolute atomic E-state index is 11.1. The first-order chi connectivity index (χ1) is 7.11. The number of rotatable bonds is 5. The summed E-state index contributed by atoms with van der Waals surface area (Å²) in [6.07, 6.45) is 3.45. The number of nitrogens with one attached hydrogen (secondary N) is 1. The van der Waals surface area contributed by atoms with E-state index in [1.54, 1.807) is 12.4 Å². The molecule has 0 amide bonds. The van der Waals surface area contributed by atoms with Gasteiger partial charge in [0, 0.05) is 18.9 Å². The van der Waals surface area contributed by atoms with E-state index in [1.807, 2.05) is 26.0 Å². The lowest BCUT2D eigenvalue weighted by Crippen LogP contribution is -2.38. The van der Waals surface area contributed by atoms with Crippen molar-refractivity contribution >= 4 is 16.8 Å². The van der Waals surface area contributed by atoms with Gasteiger partial charge in [0.25, 0.3) is 0 Å². The van der Waals surface area contributed by atoms with Gasteiger partial charge in [-0.15, -0.1) is 0 Å². The lowest BCUT2D eigenvalue weighted by atomic mass is 10.1. The van der Waals surface area contributed by atoms with Gasteiger partial charge in [-0.3, -0.25) is 9.78 Å². The zero-order chi connectivity index (χ0) is 11.3. The van der Waals surface area contributed by atoms with E-state index in [2.05, 4.69) is 10.3 Å². The van der Waals surface area contributed by atoms with Crippen LogP contribution in [0.2, 0.25) is 0 Å². The summed E-state index contributed by atoms with van der Waals surface area (Å²) in [4.78, 5) is 15.0. The molecule has 4 heteroatoms. The molecule has 3 nitrogen and oxygen atoms in total. The third-order valence-corrected chi connectivity index (χ3v) is 2.42. The topological polar surface area (TPSA) is 42.0 Å². The summed E-state index contributed by atoms with van der Waals surface area (Å²) in [7, 11) is 0. The lowest BCUT2D eigenvalue weighted by molar-refractivity contribution is -0.114. The van der Waals surface area contributed by atoms with E-state index in [0.29, 0.717) is 6.54 Å². The molecule has 0 bridgehead atoms. The third kappa shape index (κ3) is 3.98. The zero-order valence-electron chi connectivity index (χ0n) is 8.90. The maximum atomic E-state index is 11.1. The van der Waals surface area contributed by atoms with Gasteiger partial charge < -0.3 is 5.32 Å². The molecule has 1 N–H and O–H groups in total. The van der Waals surface area contributed by atoms with Crippen LogP contribution in [0.5, 0.6) is 0 Å². The molecule has 0 spiro atoms. The number of halogens is 1. The highest BCUT2D eigenvalue weighted by Gasteiger charge is 2.19. The minimum atomic E-state index is -0.334. The average Bonchev–Trinajstić information content (AvgIpc) is 2.18. The zero-order valence-corrected chi connectivity index (χ0v) is 9.66. The Balaban J connectivity index is 2.51. The second-order valence-corrected chi connectivity index (χ2v) is 4.13. The van der Waals surface area contributed by atoms with Crippen LogP contribution in [0.25, 0.3) is 0 Å². The number of carbonyl (C=O) groups is 1. The molecular formula is C11H15ClN2O. The highest BCUT2D eigenvalue weighted by molar-refractivity contribution is 6.64. The number of nitrogens with zero attached hydrogens (tertiary/aromatic N) is 1. The normalized spacial score (nSPS) is 12.8. The molecule has 1 atom stereocenters. The van der Waals surface area contributed by atoms with Crippen LogP contribution in [0.15, 0.2) is 24.5 Å². The molecule has 0 saturated heterocycles. The number of carbonyl (C=O) groups excluding carboxylic acids is 1. The molecule has 1 heterocycles. The van der Waals surface area contributed by atoms with Crippen molar-refractivity contribution in [3.8, 4) is 0 Å². The fourth-order valence-electron chi connectivity index (χ4n) is 1.31. The number of aromatic nitrogens is 1. The van der Waals surface area contributed by atoms with Gasteiger partial charge in [0.2, 0.25) is 5.24 Å². The second-order valence-electron chi connectivity index (χ2n) is 3.76. The summed E-state index contributed by atoms with van der Waals surface area (Å²) in [5.74, 6) is 0.192. The summed E-state index contributed by atoms with van der Waals surface area (Å²) >= 11 is 5.49. The van der Waals surface area contributed by atoms with Gasteiger partial charge in [-0.05, 0) is 35.2 Å². The Morgan fingerprint density at radius 2 is 2.07 bits per heavy atom. The standard InChI is InChI=1S/C11H15ClN2O/c1-8(2)10(11(12)15)14-7-9-3-5-13-6-4-9/h3-6,8,10,14H,7H2,1-2H3/t10-/m1/s1. The van der Waals surface area contributed by atoms with Gasteiger partial charge in [-0.2, -0.15) is 0 Å². The van der Waals surface area contributed by atoms with Crippen molar-refractivity contribution in [2.75, 3.05) is 0 Å². The van der Waals surface area contributed by atoms with Gasteiger partial charge in [0.05, 0.1) is 6.04 Å². The quantitative estimate of drug-likeness (QED) is 0.781. The SMILES string of the molecule is CC(C)[C@@H](NCc1ccncc1)C(=O)Cl. The Kier molecular flexibility index (Phi) is 4.72. The van der Waals surface area contributed by atoms with Crippen LogP contribution < -0.4 is 5.32 Å². The molecule has 0 radical (unpaired) electrons. The summed E-state index contributed by atoms with van der Waals surface area (Å²) in [6.45, 7) is 4.55. The molecule has 82 valence electrons. The van der Waals surface area contributed by atoms with Gasteiger partial charge in [-0.25, -0.2) is 0 Å². The van der Waals surface area contributed by atoms with E-state index in [4.69, 9.17) is 11.6 Å². The number of hydrogen-bond acceptors (Lipinski definition) is 3. The van der Waals surface area contributed by atoms with E-state index in [-0.39, 0.29) is 17.2 Å². The van der Waals surface area contributed by atoms with Crippen molar-refractivity contribution in [2.45, 2.75) is 26.4 Å². The van der Waals surface area contributed by atoms with Gasteiger partial charge in [-0.1, -0.05) is 13.8 Å². The minimum Gasteiger partial charge on any atom is -0.302 e.